The topological polar surface area (TPSA) is 61.4 Å². The van der Waals surface area contributed by atoms with Crippen molar-refractivity contribution in [1.82, 2.24) is 4.90 Å². The van der Waals surface area contributed by atoms with Crippen LogP contribution in [0, 0.1) is 0 Å². The van der Waals surface area contributed by atoms with Gasteiger partial charge in [0.2, 0.25) is 0 Å². The lowest BCUT2D eigenvalue weighted by Crippen LogP contribution is -2.37. The molecule has 1 aliphatic heterocycles. The van der Waals surface area contributed by atoms with Gasteiger partial charge in [0.25, 0.3) is 11.8 Å². The van der Waals surface area contributed by atoms with Gasteiger partial charge < -0.3 is 15.5 Å². The molecule has 0 saturated heterocycles. The van der Waals surface area contributed by atoms with E-state index in [4.69, 9.17) is 23.2 Å². The summed E-state index contributed by atoms with van der Waals surface area (Å²) in [7, 11) is 0. The van der Waals surface area contributed by atoms with Crippen LogP contribution in [0.5, 0.6) is 0 Å². The summed E-state index contributed by atoms with van der Waals surface area (Å²) in [6, 6.07) is 23.8. The minimum Gasteiger partial charge on any atom is -0.348 e. The van der Waals surface area contributed by atoms with E-state index in [9.17, 15) is 9.59 Å². The molecule has 3 aromatic rings. The normalized spacial score (nSPS) is 14.1. The fourth-order valence-electron chi connectivity index (χ4n) is 4.74. The molecule has 0 aliphatic carbocycles. The third kappa shape index (κ3) is 5.58. The number of amides is 2. The number of carbonyl (C=O) groups excluding carboxylic acids is 2. The van der Waals surface area contributed by atoms with Gasteiger partial charge in [-0.1, -0.05) is 84.7 Å². The van der Waals surface area contributed by atoms with Crippen LogP contribution in [0.15, 0.2) is 101 Å². The van der Waals surface area contributed by atoms with Crippen LogP contribution in [0.2, 0.25) is 10.0 Å². The highest BCUT2D eigenvalue weighted by Gasteiger charge is 2.39. The number of hydrogen-bond acceptors (Lipinski definition) is 3. The SMILES string of the molecule is CCCN1C(C)=C(C(=O)Nc2ccccc2Cl)C(c2ccccc2)C(C(=O)Nc2ccccc2Cl)=C1C. The molecule has 1 heterocycles. The zero-order chi connectivity index (χ0) is 26.5. The summed E-state index contributed by atoms with van der Waals surface area (Å²) in [6.07, 6.45) is 0.837. The zero-order valence-electron chi connectivity index (χ0n) is 21.0. The first-order chi connectivity index (χ1) is 17.8. The lowest BCUT2D eigenvalue weighted by molar-refractivity contribution is -0.113. The Morgan fingerprint density at radius 2 is 1.16 bits per heavy atom. The second-order valence-electron chi connectivity index (χ2n) is 8.86. The molecule has 0 radical (unpaired) electrons. The van der Waals surface area contributed by atoms with Crippen molar-refractivity contribution in [3.8, 4) is 0 Å². The van der Waals surface area contributed by atoms with E-state index in [-0.39, 0.29) is 11.8 Å². The number of hydrogen-bond donors (Lipinski definition) is 2. The molecule has 0 aromatic heterocycles. The highest BCUT2D eigenvalue weighted by Crippen LogP contribution is 2.43. The van der Waals surface area contributed by atoms with Crippen LogP contribution in [0.3, 0.4) is 0 Å². The maximum Gasteiger partial charge on any atom is 0.254 e. The summed E-state index contributed by atoms with van der Waals surface area (Å²) in [5.41, 5.74) is 4.45. The number of benzene rings is 3. The average Bonchev–Trinajstić information content (AvgIpc) is 2.89. The fraction of sp³-hybridized carbons (Fsp3) is 0.200. The molecule has 37 heavy (non-hydrogen) atoms. The third-order valence-corrected chi connectivity index (χ3v) is 7.14. The summed E-state index contributed by atoms with van der Waals surface area (Å²) in [5.74, 6) is -1.22. The van der Waals surface area contributed by atoms with E-state index in [1.807, 2.05) is 73.3 Å². The van der Waals surface area contributed by atoms with E-state index in [0.29, 0.717) is 39.1 Å². The van der Waals surface area contributed by atoms with Crippen molar-refractivity contribution in [2.75, 3.05) is 17.2 Å². The summed E-state index contributed by atoms with van der Waals surface area (Å²) < 4.78 is 0. The lowest BCUT2D eigenvalue weighted by atomic mass is 9.79. The predicted molar refractivity (Wildman–Crippen MR) is 152 cm³/mol. The second kappa shape index (κ2) is 11.7. The number of rotatable bonds is 7. The Morgan fingerprint density at radius 3 is 1.59 bits per heavy atom. The fourth-order valence-corrected chi connectivity index (χ4v) is 5.10. The van der Waals surface area contributed by atoms with E-state index >= 15 is 0 Å². The Kier molecular flexibility index (Phi) is 8.37. The first kappa shape index (κ1) is 26.5. The summed E-state index contributed by atoms with van der Waals surface area (Å²) >= 11 is 12.7. The molecule has 7 heteroatoms. The summed E-state index contributed by atoms with van der Waals surface area (Å²) in [5, 5.41) is 6.83. The number of carbonyl (C=O) groups is 2. The number of anilines is 2. The van der Waals surface area contributed by atoms with Crippen molar-refractivity contribution in [3.63, 3.8) is 0 Å². The molecule has 0 atom stereocenters. The van der Waals surface area contributed by atoms with Gasteiger partial charge >= 0.3 is 0 Å². The van der Waals surface area contributed by atoms with E-state index in [0.717, 1.165) is 23.4 Å². The number of nitrogens with zero attached hydrogens (tertiary/aromatic N) is 1. The molecule has 2 amide bonds. The first-order valence-electron chi connectivity index (χ1n) is 12.2. The number of para-hydroxylation sites is 2. The predicted octanol–water partition coefficient (Wildman–Crippen LogP) is 7.63. The van der Waals surface area contributed by atoms with Gasteiger partial charge in [0.1, 0.15) is 0 Å². The van der Waals surface area contributed by atoms with Crippen LogP contribution < -0.4 is 10.6 Å². The number of nitrogens with one attached hydrogen (secondary N) is 2. The third-order valence-electron chi connectivity index (χ3n) is 6.48. The lowest BCUT2D eigenvalue weighted by Gasteiger charge is -2.38. The van der Waals surface area contributed by atoms with Crippen molar-refractivity contribution >= 4 is 46.4 Å². The molecule has 190 valence electrons. The van der Waals surface area contributed by atoms with Gasteiger partial charge in [-0.3, -0.25) is 9.59 Å². The minimum atomic E-state index is -0.598. The van der Waals surface area contributed by atoms with E-state index in [2.05, 4.69) is 17.6 Å². The molecule has 0 unspecified atom stereocenters. The van der Waals surface area contributed by atoms with Gasteiger partial charge in [-0.25, -0.2) is 0 Å². The van der Waals surface area contributed by atoms with Crippen LogP contribution >= 0.6 is 23.2 Å². The van der Waals surface area contributed by atoms with Crippen molar-refractivity contribution in [2.45, 2.75) is 33.1 Å². The standard InChI is InChI=1S/C30H29Cl2N3O2/c1-4-18-35-19(2)26(29(36)33-24-16-10-8-14-22(24)31)28(21-12-6-5-7-13-21)27(20(35)3)30(37)34-25-17-11-9-15-23(25)32/h5-17,28H,4,18H2,1-3H3,(H,33,36)(H,34,37). The molecule has 2 N–H and O–H groups in total. The summed E-state index contributed by atoms with van der Waals surface area (Å²) in [4.78, 5) is 29.9. The number of halogens is 2. The molecule has 4 rings (SSSR count). The highest BCUT2D eigenvalue weighted by atomic mass is 35.5. The molecule has 0 saturated carbocycles. The van der Waals surface area contributed by atoms with Gasteiger partial charge in [-0.15, -0.1) is 0 Å². The van der Waals surface area contributed by atoms with E-state index in [1.54, 1.807) is 24.3 Å². The quantitative estimate of drug-likeness (QED) is 0.328. The van der Waals surface area contributed by atoms with Crippen molar-refractivity contribution in [3.05, 3.63) is 117 Å². The number of allylic oxidation sites excluding steroid dienone is 2. The highest BCUT2D eigenvalue weighted by molar-refractivity contribution is 6.34. The Labute approximate surface area is 227 Å². The van der Waals surface area contributed by atoms with Gasteiger partial charge in [0.15, 0.2) is 0 Å². The molecular weight excluding hydrogens is 505 g/mol. The zero-order valence-corrected chi connectivity index (χ0v) is 22.5. The Balaban J connectivity index is 1.85. The average molecular weight is 534 g/mol. The molecule has 1 aliphatic rings. The molecule has 0 spiro atoms. The van der Waals surface area contributed by atoms with Gasteiger partial charge in [0, 0.05) is 35.0 Å². The first-order valence-corrected chi connectivity index (χ1v) is 12.9. The summed E-state index contributed by atoms with van der Waals surface area (Å²) in [6.45, 7) is 6.58. The Morgan fingerprint density at radius 1 is 0.730 bits per heavy atom. The molecule has 0 fully saturated rings. The molecule has 5 nitrogen and oxygen atoms in total. The molecule has 0 bridgehead atoms. The Bertz CT molecular complexity index is 1300. The van der Waals surface area contributed by atoms with Crippen LogP contribution in [0.25, 0.3) is 0 Å². The maximum atomic E-state index is 13.9. The van der Waals surface area contributed by atoms with Gasteiger partial charge in [0.05, 0.1) is 21.4 Å². The second-order valence-corrected chi connectivity index (χ2v) is 9.68. The van der Waals surface area contributed by atoms with Crippen LogP contribution in [-0.4, -0.2) is 23.3 Å². The molecule has 3 aromatic carbocycles. The van der Waals surface area contributed by atoms with E-state index < -0.39 is 5.92 Å². The van der Waals surface area contributed by atoms with Crippen molar-refractivity contribution < 1.29 is 9.59 Å². The van der Waals surface area contributed by atoms with E-state index in [1.165, 1.54) is 0 Å². The van der Waals surface area contributed by atoms with Crippen LogP contribution in [0.4, 0.5) is 11.4 Å². The molecular formula is C30H29Cl2N3O2. The van der Waals surface area contributed by atoms with Crippen LogP contribution in [0.1, 0.15) is 38.7 Å². The van der Waals surface area contributed by atoms with Crippen molar-refractivity contribution in [1.29, 1.82) is 0 Å². The minimum absolute atomic E-state index is 0.309. The Hall–Kier alpha value is -3.54. The smallest absolute Gasteiger partial charge is 0.254 e. The maximum absolute atomic E-state index is 13.9. The van der Waals surface area contributed by atoms with Crippen LogP contribution in [-0.2, 0) is 9.59 Å². The largest absolute Gasteiger partial charge is 0.348 e. The van der Waals surface area contributed by atoms with Crippen molar-refractivity contribution in [2.24, 2.45) is 0 Å². The van der Waals surface area contributed by atoms with Gasteiger partial charge in [-0.2, -0.15) is 0 Å². The monoisotopic (exact) mass is 533 g/mol. The van der Waals surface area contributed by atoms with Gasteiger partial charge in [-0.05, 0) is 50.1 Å².